The molecule has 0 radical (unpaired) electrons. The van der Waals surface area contributed by atoms with Crippen molar-refractivity contribution in [3.05, 3.63) is 46.5 Å². The zero-order valence-corrected chi connectivity index (χ0v) is 11.6. The number of halogens is 1. The van der Waals surface area contributed by atoms with Crippen molar-refractivity contribution in [1.82, 2.24) is 9.55 Å². The van der Waals surface area contributed by atoms with E-state index in [2.05, 4.69) is 50.6 Å². The van der Waals surface area contributed by atoms with Crippen molar-refractivity contribution >= 4 is 15.9 Å². The summed E-state index contributed by atoms with van der Waals surface area (Å²) in [5.41, 5.74) is 8.11. The molecule has 0 fully saturated rings. The SMILES string of the molecule is CCc1nccn1-c1ccc([C@@H](C)N)c(Br)c1. The molecule has 0 amide bonds. The van der Waals surface area contributed by atoms with E-state index in [1.54, 1.807) is 0 Å². The number of imidazole rings is 1. The van der Waals surface area contributed by atoms with Crippen LogP contribution in [0.5, 0.6) is 0 Å². The first kappa shape index (κ1) is 12.3. The minimum atomic E-state index is 0.0341. The highest BCUT2D eigenvalue weighted by Crippen LogP contribution is 2.25. The van der Waals surface area contributed by atoms with E-state index in [0.29, 0.717) is 0 Å². The van der Waals surface area contributed by atoms with E-state index < -0.39 is 0 Å². The summed E-state index contributed by atoms with van der Waals surface area (Å²) in [6.45, 7) is 4.08. The van der Waals surface area contributed by atoms with Gasteiger partial charge in [-0.3, -0.25) is 0 Å². The van der Waals surface area contributed by atoms with Gasteiger partial charge < -0.3 is 10.3 Å². The standard InChI is InChI=1S/C13H16BrN3/c1-3-13-16-6-7-17(13)10-4-5-11(9(2)15)12(14)8-10/h4-9H,3,15H2,1-2H3/t9-/m1/s1. The summed E-state index contributed by atoms with van der Waals surface area (Å²) in [7, 11) is 0. The van der Waals surface area contributed by atoms with E-state index in [0.717, 1.165) is 28.0 Å². The molecule has 1 atom stereocenters. The van der Waals surface area contributed by atoms with Crippen LogP contribution in [0.15, 0.2) is 35.1 Å². The van der Waals surface area contributed by atoms with Crippen LogP contribution in [0.3, 0.4) is 0 Å². The molecule has 1 aromatic carbocycles. The second kappa shape index (κ2) is 5.02. The summed E-state index contributed by atoms with van der Waals surface area (Å²) in [5.74, 6) is 1.06. The van der Waals surface area contributed by atoms with Gasteiger partial charge in [0.25, 0.3) is 0 Å². The monoisotopic (exact) mass is 293 g/mol. The topological polar surface area (TPSA) is 43.8 Å². The Bertz CT molecular complexity index is 517. The maximum Gasteiger partial charge on any atom is 0.112 e. The molecule has 2 aromatic rings. The van der Waals surface area contributed by atoms with E-state index in [4.69, 9.17) is 5.73 Å². The van der Waals surface area contributed by atoms with Crippen molar-refractivity contribution in [3.63, 3.8) is 0 Å². The third kappa shape index (κ3) is 2.42. The third-order valence-corrected chi connectivity index (χ3v) is 3.47. The average Bonchev–Trinajstić information content (AvgIpc) is 2.76. The van der Waals surface area contributed by atoms with Crippen molar-refractivity contribution in [2.75, 3.05) is 0 Å². The highest BCUT2D eigenvalue weighted by Gasteiger charge is 2.08. The smallest absolute Gasteiger partial charge is 0.112 e. The fraction of sp³-hybridized carbons (Fsp3) is 0.308. The van der Waals surface area contributed by atoms with E-state index in [-0.39, 0.29) is 6.04 Å². The molecule has 4 heteroatoms. The van der Waals surface area contributed by atoms with Crippen molar-refractivity contribution in [1.29, 1.82) is 0 Å². The average molecular weight is 294 g/mol. The number of hydrogen-bond donors (Lipinski definition) is 1. The maximum absolute atomic E-state index is 5.89. The zero-order valence-electron chi connectivity index (χ0n) is 10.0. The third-order valence-electron chi connectivity index (χ3n) is 2.79. The molecule has 1 heterocycles. The van der Waals surface area contributed by atoms with Crippen LogP contribution in [-0.4, -0.2) is 9.55 Å². The Labute approximate surface area is 110 Å². The predicted molar refractivity (Wildman–Crippen MR) is 73.2 cm³/mol. The van der Waals surface area contributed by atoms with Gasteiger partial charge in [0, 0.05) is 35.0 Å². The Hall–Kier alpha value is -1.13. The lowest BCUT2D eigenvalue weighted by molar-refractivity contribution is 0.810. The van der Waals surface area contributed by atoms with E-state index in [1.165, 1.54) is 0 Å². The molecule has 3 nitrogen and oxygen atoms in total. The molecule has 0 aliphatic carbocycles. The lowest BCUT2D eigenvalue weighted by Gasteiger charge is -2.12. The van der Waals surface area contributed by atoms with Gasteiger partial charge in [-0.15, -0.1) is 0 Å². The number of aryl methyl sites for hydroxylation is 1. The first-order valence-electron chi connectivity index (χ1n) is 5.71. The van der Waals surface area contributed by atoms with Gasteiger partial charge in [-0.25, -0.2) is 4.98 Å². The number of aromatic nitrogens is 2. The van der Waals surface area contributed by atoms with E-state index in [9.17, 15) is 0 Å². The summed E-state index contributed by atoms with van der Waals surface area (Å²) in [5, 5.41) is 0. The number of rotatable bonds is 3. The molecule has 0 saturated carbocycles. The molecule has 1 aromatic heterocycles. The van der Waals surface area contributed by atoms with Gasteiger partial charge in [-0.05, 0) is 24.6 Å². The Balaban J connectivity index is 2.45. The van der Waals surface area contributed by atoms with Crippen molar-refractivity contribution in [2.45, 2.75) is 26.3 Å². The molecular formula is C13H16BrN3. The second-order valence-corrected chi connectivity index (χ2v) is 4.92. The summed E-state index contributed by atoms with van der Waals surface area (Å²) in [6.07, 6.45) is 4.72. The molecule has 17 heavy (non-hydrogen) atoms. The summed E-state index contributed by atoms with van der Waals surface area (Å²) in [6, 6.07) is 6.25. The van der Waals surface area contributed by atoms with Crippen molar-refractivity contribution in [2.24, 2.45) is 5.73 Å². The summed E-state index contributed by atoms with van der Waals surface area (Å²) < 4.78 is 3.14. The van der Waals surface area contributed by atoms with Gasteiger partial charge >= 0.3 is 0 Å². The van der Waals surface area contributed by atoms with Crippen LogP contribution in [0.2, 0.25) is 0 Å². The molecule has 2 rings (SSSR count). The first-order chi connectivity index (χ1) is 8.13. The van der Waals surface area contributed by atoms with Crippen LogP contribution in [0, 0.1) is 0 Å². The van der Waals surface area contributed by atoms with Crippen LogP contribution in [-0.2, 0) is 6.42 Å². The Kier molecular flexibility index (Phi) is 3.64. The van der Waals surface area contributed by atoms with Crippen LogP contribution >= 0.6 is 15.9 Å². The minimum absolute atomic E-state index is 0.0341. The van der Waals surface area contributed by atoms with Gasteiger partial charge in [0.15, 0.2) is 0 Å². The second-order valence-electron chi connectivity index (χ2n) is 4.06. The molecule has 0 saturated heterocycles. The summed E-state index contributed by atoms with van der Waals surface area (Å²) >= 11 is 3.57. The molecular weight excluding hydrogens is 278 g/mol. The van der Waals surface area contributed by atoms with Gasteiger partial charge in [-0.1, -0.05) is 28.9 Å². The molecule has 0 aliphatic heterocycles. The Morgan fingerprint density at radius 2 is 2.24 bits per heavy atom. The van der Waals surface area contributed by atoms with Gasteiger partial charge in [0.1, 0.15) is 5.82 Å². The number of nitrogens with zero attached hydrogens (tertiary/aromatic N) is 2. The number of nitrogens with two attached hydrogens (primary N) is 1. The number of benzene rings is 1. The van der Waals surface area contributed by atoms with Crippen LogP contribution in [0.25, 0.3) is 5.69 Å². The van der Waals surface area contributed by atoms with Gasteiger partial charge in [0.2, 0.25) is 0 Å². The molecule has 0 bridgehead atoms. The quantitative estimate of drug-likeness (QED) is 0.944. The lowest BCUT2D eigenvalue weighted by Crippen LogP contribution is -2.06. The molecule has 0 spiro atoms. The summed E-state index contributed by atoms with van der Waals surface area (Å²) in [4.78, 5) is 4.32. The first-order valence-corrected chi connectivity index (χ1v) is 6.50. The van der Waals surface area contributed by atoms with Crippen molar-refractivity contribution < 1.29 is 0 Å². The molecule has 90 valence electrons. The van der Waals surface area contributed by atoms with Gasteiger partial charge in [-0.2, -0.15) is 0 Å². The van der Waals surface area contributed by atoms with E-state index in [1.807, 2.05) is 19.3 Å². The largest absolute Gasteiger partial charge is 0.324 e. The molecule has 0 unspecified atom stereocenters. The normalized spacial score (nSPS) is 12.7. The highest BCUT2D eigenvalue weighted by molar-refractivity contribution is 9.10. The van der Waals surface area contributed by atoms with E-state index >= 15 is 0 Å². The number of hydrogen-bond acceptors (Lipinski definition) is 2. The molecule has 2 N–H and O–H groups in total. The predicted octanol–water partition coefficient (Wildman–Crippen LogP) is 3.22. The van der Waals surface area contributed by atoms with Crippen molar-refractivity contribution in [3.8, 4) is 5.69 Å². The fourth-order valence-corrected chi connectivity index (χ4v) is 2.59. The zero-order chi connectivity index (χ0) is 12.4. The Morgan fingerprint density at radius 1 is 1.47 bits per heavy atom. The minimum Gasteiger partial charge on any atom is -0.324 e. The van der Waals surface area contributed by atoms with Crippen LogP contribution < -0.4 is 5.73 Å². The van der Waals surface area contributed by atoms with Crippen LogP contribution in [0.4, 0.5) is 0 Å². The maximum atomic E-state index is 5.89. The Morgan fingerprint density at radius 3 is 2.82 bits per heavy atom. The molecule has 0 aliphatic rings. The lowest BCUT2D eigenvalue weighted by atomic mass is 10.1. The van der Waals surface area contributed by atoms with Gasteiger partial charge in [0.05, 0.1) is 0 Å². The fourth-order valence-electron chi connectivity index (χ4n) is 1.87. The highest BCUT2D eigenvalue weighted by atomic mass is 79.9. The van der Waals surface area contributed by atoms with Crippen LogP contribution in [0.1, 0.15) is 31.3 Å².